The van der Waals surface area contributed by atoms with Gasteiger partial charge in [0.15, 0.2) is 11.0 Å². The van der Waals surface area contributed by atoms with E-state index >= 15 is 0 Å². The average molecular weight is 427 g/mol. The molecule has 1 aromatic heterocycles. The Kier molecular flexibility index (Phi) is 8.90. The molecule has 0 unspecified atom stereocenters. The molecule has 158 valence electrons. The molecule has 0 saturated carbocycles. The van der Waals surface area contributed by atoms with Crippen LogP contribution in [-0.4, -0.2) is 29.7 Å². The second kappa shape index (κ2) is 12.1. The normalized spacial score (nSPS) is 11.0. The first kappa shape index (κ1) is 22.0. The van der Waals surface area contributed by atoms with Crippen molar-refractivity contribution >= 4 is 23.1 Å². The third-order valence-corrected chi connectivity index (χ3v) is 4.91. The van der Waals surface area contributed by atoms with Gasteiger partial charge in [-0.25, -0.2) is 9.97 Å². The number of nitrogen functional groups attached to an aromatic ring is 1. The van der Waals surface area contributed by atoms with Gasteiger partial charge in [-0.3, -0.25) is 0 Å². The number of aromatic nitrogens is 2. The molecule has 3 N–H and O–H groups in total. The molecule has 3 rings (SSSR count). The zero-order valence-corrected chi connectivity index (χ0v) is 17.6. The van der Waals surface area contributed by atoms with E-state index in [1.54, 1.807) is 0 Å². The highest BCUT2D eigenvalue weighted by molar-refractivity contribution is 6.32. The van der Waals surface area contributed by atoms with E-state index in [1.807, 2.05) is 36.4 Å². The summed E-state index contributed by atoms with van der Waals surface area (Å²) in [5.74, 6) is 0.771. The van der Waals surface area contributed by atoms with E-state index in [2.05, 4.69) is 39.6 Å². The summed E-state index contributed by atoms with van der Waals surface area (Å²) in [4.78, 5) is 8.02. The zero-order valence-electron chi connectivity index (χ0n) is 16.8. The van der Waals surface area contributed by atoms with Gasteiger partial charge in [-0.1, -0.05) is 72.3 Å². The number of halogens is 1. The van der Waals surface area contributed by atoms with E-state index < -0.39 is 0 Å². The highest BCUT2D eigenvalue weighted by Crippen LogP contribution is 2.22. The first-order chi connectivity index (χ1) is 14.7. The maximum absolute atomic E-state index is 5.95. The first-order valence-electron chi connectivity index (χ1n) is 9.95. The van der Waals surface area contributed by atoms with Gasteiger partial charge in [0, 0.05) is 12.5 Å². The molecule has 2 aromatic carbocycles. The monoisotopic (exact) mass is 426 g/mol. The van der Waals surface area contributed by atoms with Gasteiger partial charge in [0.05, 0.1) is 26.4 Å². The van der Waals surface area contributed by atoms with Gasteiger partial charge in [-0.15, -0.1) is 0 Å². The third-order valence-electron chi connectivity index (χ3n) is 4.61. The largest absolute Gasteiger partial charge is 0.393 e. The number of nitrogens with two attached hydrogens (primary N) is 1. The first-order valence-corrected chi connectivity index (χ1v) is 10.3. The molecule has 0 aliphatic carbocycles. The van der Waals surface area contributed by atoms with Crippen LogP contribution in [-0.2, 0) is 22.7 Å². The van der Waals surface area contributed by atoms with Gasteiger partial charge >= 0.3 is 0 Å². The second-order valence-corrected chi connectivity index (χ2v) is 7.37. The molecule has 1 heterocycles. The Morgan fingerprint density at radius 1 is 0.867 bits per heavy atom. The van der Waals surface area contributed by atoms with E-state index in [0.717, 1.165) is 17.5 Å². The van der Waals surface area contributed by atoms with Crippen LogP contribution >= 0.6 is 11.6 Å². The maximum Gasteiger partial charge on any atom is 0.157 e. The van der Waals surface area contributed by atoms with Crippen LogP contribution in [0.5, 0.6) is 0 Å². The van der Waals surface area contributed by atoms with Crippen molar-refractivity contribution in [3.05, 3.63) is 83.3 Å². The Morgan fingerprint density at radius 3 is 2.00 bits per heavy atom. The van der Waals surface area contributed by atoms with Gasteiger partial charge in [-0.2, -0.15) is 0 Å². The van der Waals surface area contributed by atoms with Crippen molar-refractivity contribution in [1.29, 1.82) is 0 Å². The lowest BCUT2D eigenvalue weighted by Crippen LogP contribution is -2.20. The molecule has 0 saturated heterocycles. The van der Waals surface area contributed by atoms with Crippen molar-refractivity contribution in [2.45, 2.75) is 19.6 Å². The van der Waals surface area contributed by atoms with Crippen LogP contribution in [0.1, 0.15) is 17.5 Å². The number of hydrogen-bond acceptors (Lipinski definition) is 6. The van der Waals surface area contributed by atoms with Crippen molar-refractivity contribution in [2.24, 2.45) is 5.92 Å². The minimum atomic E-state index is 0.225. The fourth-order valence-corrected chi connectivity index (χ4v) is 3.09. The summed E-state index contributed by atoms with van der Waals surface area (Å²) in [7, 11) is 0. The summed E-state index contributed by atoms with van der Waals surface area (Å²) in [6, 6.07) is 20.3. The Labute approximate surface area is 182 Å². The van der Waals surface area contributed by atoms with Crippen LogP contribution in [0.3, 0.4) is 0 Å². The fourth-order valence-electron chi connectivity index (χ4n) is 2.96. The lowest BCUT2D eigenvalue weighted by Gasteiger charge is -2.18. The molecule has 30 heavy (non-hydrogen) atoms. The Morgan fingerprint density at radius 2 is 1.43 bits per heavy atom. The molecule has 0 radical (unpaired) electrons. The predicted molar refractivity (Wildman–Crippen MR) is 120 cm³/mol. The molecule has 7 heteroatoms. The van der Waals surface area contributed by atoms with Gasteiger partial charge in [0.1, 0.15) is 12.0 Å². The number of ether oxygens (including phenoxy) is 2. The molecule has 0 bridgehead atoms. The molecule has 0 spiro atoms. The minimum absolute atomic E-state index is 0.225. The van der Waals surface area contributed by atoms with Crippen molar-refractivity contribution in [2.75, 3.05) is 30.8 Å². The fraction of sp³-hybridized carbons (Fsp3) is 0.304. The number of hydrogen-bond donors (Lipinski definition) is 2. The lowest BCUT2D eigenvalue weighted by atomic mass is 10.1. The second-order valence-electron chi connectivity index (χ2n) is 7.01. The van der Waals surface area contributed by atoms with Gasteiger partial charge in [-0.05, 0) is 17.5 Å². The Bertz CT molecular complexity index is 835. The summed E-state index contributed by atoms with van der Waals surface area (Å²) >= 11 is 5.95. The molecule has 0 aliphatic rings. The lowest BCUT2D eigenvalue weighted by molar-refractivity contribution is 0.0252. The summed E-state index contributed by atoms with van der Waals surface area (Å²) in [5, 5.41) is 3.48. The molecule has 6 nitrogen and oxygen atoms in total. The summed E-state index contributed by atoms with van der Waals surface area (Å²) < 4.78 is 11.9. The van der Waals surface area contributed by atoms with Crippen LogP contribution in [0.25, 0.3) is 0 Å². The van der Waals surface area contributed by atoms with Crippen molar-refractivity contribution in [1.82, 2.24) is 9.97 Å². The predicted octanol–water partition coefficient (Wildman–Crippen LogP) is 4.56. The molecule has 0 atom stereocenters. The van der Waals surface area contributed by atoms with E-state index in [9.17, 15) is 0 Å². The minimum Gasteiger partial charge on any atom is -0.393 e. The molecule has 0 aliphatic heterocycles. The topological polar surface area (TPSA) is 82.3 Å². The highest BCUT2D eigenvalue weighted by atomic mass is 35.5. The van der Waals surface area contributed by atoms with Crippen LogP contribution in [0, 0.1) is 5.92 Å². The van der Waals surface area contributed by atoms with Gasteiger partial charge < -0.3 is 20.5 Å². The average Bonchev–Trinajstić information content (AvgIpc) is 2.78. The Balaban J connectivity index is 1.48. The maximum atomic E-state index is 5.95. The number of nitrogens with zero attached hydrogens (tertiary/aromatic N) is 2. The molecule has 0 fully saturated rings. The van der Waals surface area contributed by atoms with E-state index in [4.69, 9.17) is 26.8 Å². The van der Waals surface area contributed by atoms with E-state index in [-0.39, 0.29) is 11.1 Å². The molecular formula is C23H27ClN4O2. The number of nitrogens with one attached hydrogen (secondary N) is 1. The summed E-state index contributed by atoms with van der Waals surface area (Å²) in [6.07, 6.45) is 2.23. The quantitative estimate of drug-likeness (QED) is 0.413. The van der Waals surface area contributed by atoms with Crippen molar-refractivity contribution in [3.63, 3.8) is 0 Å². The highest BCUT2D eigenvalue weighted by Gasteiger charge is 2.12. The smallest absolute Gasteiger partial charge is 0.157 e. The van der Waals surface area contributed by atoms with Gasteiger partial charge in [0.25, 0.3) is 0 Å². The molecular weight excluding hydrogens is 400 g/mol. The number of benzene rings is 2. The standard InChI is InChI=1S/C23H27ClN4O2/c24-22-21(25)23(28-17-27-22)26-12-11-20(15-29-13-18-7-3-1-4-8-18)16-30-14-19-9-5-2-6-10-19/h1-10,17,20H,11-16,25H2,(H,26,27,28). The van der Waals surface area contributed by atoms with Crippen LogP contribution in [0.15, 0.2) is 67.0 Å². The third kappa shape index (κ3) is 7.30. The molecule has 3 aromatic rings. The number of anilines is 2. The van der Waals surface area contributed by atoms with Gasteiger partial charge in [0.2, 0.25) is 0 Å². The van der Waals surface area contributed by atoms with E-state index in [1.165, 1.54) is 6.33 Å². The number of rotatable bonds is 12. The SMILES string of the molecule is Nc1c(Cl)ncnc1NCCC(COCc1ccccc1)COCc1ccccc1. The van der Waals surface area contributed by atoms with Crippen molar-refractivity contribution in [3.8, 4) is 0 Å². The van der Waals surface area contributed by atoms with Crippen LogP contribution in [0.2, 0.25) is 5.15 Å². The zero-order chi connectivity index (χ0) is 21.0. The van der Waals surface area contributed by atoms with E-state index in [0.29, 0.717) is 44.5 Å². The Hall–Kier alpha value is -2.67. The molecule has 0 amide bonds. The van der Waals surface area contributed by atoms with Crippen molar-refractivity contribution < 1.29 is 9.47 Å². The summed E-state index contributed by atoms with van der Waals surface area (Å²) in [6.45, 7) is 3.04. The van der Waals surface area contributed by atoms with Crippen LogP contribution in [0.4, 0.5) is 11.5 Å². The summed E-state index contributed by atoms with van der Waals surface area (Å²) in [5.41, 5.74) is 8.59. The van der Waals surface area contributed by atoms with Crippen LogP contribution < -0.4 is 11.1 Å².